The van der Waals surface area contributed by atoms with E-state index in [-0.39, 0.29) is 0 Å². The maximum absolute atomic E-state index is 4.38. The van der Waals surface area contributed by atoms with Crippen LogP contribution in [0, 0.1) is 18.3 Å². The predicted molar refractivity (Wildman–Crippen MR) is 92.9 cm³/mol. The van der Waals surface area contributed by atoms with Gasteiger partial charge in [-0.05, 0) is 56.8 Å². The Morgan fingerprint density at radius 3 is 2.70 bits per heavy atom. The third-order valence-corrected chi connectivity index (χ3v) is 7.33. The number of nitrogens with zero attached hydrogens (tertiary/aromatic N) is 1. The van der Waals surface area contributed by atoms with Gasteiger partial charge in [0, 0.05) is 10.2 Å². The highest BCUT2D eigenvalue weighted by atomic mass is 79.9. The van der Waals surface area contributed by atoms with Crippen LogP contribution in [0.3, 0.4) is 0 Å². The lowest BCUT2D eigenvalue weighted by molar-refractivity contribution is 0.158. The average molecular weight is 358 g/mol. The van der Waals surface area contributed by atoms with Crippen LogP contribution in [-0.2, 0) is 6.42 Å². The lowest BCUT2D eigenvalue weighted by Crippen LogP contribution is -2.29. The van der Waals surface area contributed by atoms with E-state index in [1.807, 2.05) is 16.8 Å². The van der Waals surface area contributed by atoms with E-state index in [0.717, 1.165) is 5.92 Å². The molecule has 3 heteroatoms. The van der Waals surface area contributed by atoms with Gasteiger partial charge in [0.1, 0.15) is 0 Å². The van der Waals surface area contributed by atoms with E-state index < -0.39 is 0 Å². The molecule has 1 aliphatic rings. The zero-order valence-corrected chi connectivity index (χ0v) is 15.4. The van der Waals surface area contributed by atoms with Crippen molar-refractivity contribution in [1.82, 2.24) is 4.98 Å². The number of unbranched alkanes of at least 4 members (excludes halogenated alkanes) is 1. The molecule has 2 rings (SSSR count). The first-order chi connectivity index (χ1) is 9.69. The molecular weight excluding hydrogens is 330 g/mol. The lowest BCUT2D eigenvalue weighted by atomic mass is 9.68. The van der Waals surface area contributed by atoms with Crippen molar-refractivity contribution in [2.45, 2.75) is 71.6 Å². The first kappa shape index (κ1) is 16.5. The average Bonchev–Trinajstić information content (AvgIpc) is 2.89. The highest BCUT2D eigenvalue weighted by Crippen LogP contribution is 2.45. The van der Waals surface area contributed by atoms with Gasteiger partial charge in [0.05, 0.1) is 11.2 Å². The number of rotatable bonds is 7. The van der Waals surface area contributed by atoms with Gasteiger partial charge in [0.2, 0.25) is 0 Å². The van der Waals surface area contributed by atoms with Crippen LogP contribution in [0.5, 0.6) is 0 Å². The SMILES string of the molecule is CCCCC1CCC(CBr)(CCc2scnc2C)CC1. The molecule has 0 aliphatic heterocycles. The number of alkyl halides is 1. The Hall–Kier alpha value is 0.110. The molecule has 1 aliphatic carbocycles. The van der Waals surface area contributed by atoms with Crippen molar-refractivity contribution in [3.63, 3.8) is 0 Å². The normalized spacial score (nSPS) is 26.9. The van der Waals surface area contributed by atoms with Gasteiger partial charge < -0.3 is 0 Å². The fourth-order valence-electron chi connectivity index (χ4n) is 3.47. The maximum atomic E-state index is 4.38. The van der Waals surface area contributed by atoms with Crippen molar-refractivity contribution in [3.8, 4) is 0 Å². The van der Waals surface area contributed by atoms with Gasteiger partial charge in [-0.3, -0.25) is 0 Å². The van der Waals surface area contributed by atoms with Gasteiger partial charge in [0.25, 0.3) is 0 Å². The Bertz CT molecular complexity index is 393. The summed E-state index contributed by atoms with van der Waals surface area (Å²) in [5.41, 5.74) is 3.79. The highest BCUT2D eigenvalue weighted by molar-refractivity contribution is 9.09. The lowest BCUT2D eigenvalue weighted by Gasteiger charge is -2.39. The van der Waals surface area contributed by atoms with Crippen LogP contribution in [0.2, 0.25) is 0 Å². The maximum Gasteiger partial charge on any atom is 0.0797 e. The molecule has 1 heterocycles. The summed E-state index contributed by atoms with van der Waals surface area (Å²) < 4.78 is 0. The van der Waals surface area contributed by atoms with E-state index in [0.29, 0.717) is 5.41 Å². The smallest absolute Gasteiger partial charge is 0.0797 e. The van der Waals surface area contributed by atoms with Gasteiger partial charge in [0.15, 0.2) is 0 Å². The van der Waals surface area contributed by atoms with Crippen molar-refractivity contribution in [3.05, 3.63) is 16.1 Å². The Morgan fingerprint density at radius 1 is 1.40 bits per heavy atom. The predicted octanol–water partition coefficient (Wildman–Crippen LogP) is 6.15. The van der Waals surface area contributed by atoms with Crippen molar-refractivity contribution < 1.29 is 0 Å². The zero-order chi connectivity index (χ0) is 14.4. The second kappa shape index (κ2) is 7.93. The van der Waals surface area contributed by atoms with Crippen LogP contribution in [0.25, 0.3) is 0 Å². The van der Waals surface area contributed by atoms with E-state index in [9.17, 15) is 0 Å². The van der Waals surface area contributed by atoms with Crippen molar-refractivity contribution in [1.29, 1.82) is 0 Å². The molecule has 0 spiro atoms. The molecule has 0 bridgehead atoms. The van der Waals surface area contributed by atoms with Gasteiger partial charge in [-0.25, -0.2) is 4.98 Å². The molecule has 0 aromatic carbocycles. The largest absolute Gasteiger partial charge is 0.250 e. The van der Waals surface area contributed by atoms with E-state index in [1.165, 1.54) is 73.7 Å². The van der Waals surface area contributed by atoms with Gasteiger partial charge in [-0.15, -0.1) is 11.3 Å². The first-order valence-corrected chi connectivity index (χ1v) is 10.1. The zero-order valence-electron chi connectivity index (χ0n) is 13.0. The summed E-state index contributed by atoms with van der Waals surface area (Å²) in [6.07, 6.45) is 12.5. The molecule has 1 saturated carbocycles. The molecule has 1 fully saturated rings. The highest BCUT2D eigenvalue weighted by Gasteiger charge is 2.34. The van der Waals surface area contributed by atoms with Crippen molar-refractivity contribution >= 4 is 27.3 Å². The summed E-state index contributed by atoms with van der Waals surface area (Å²) >= 11 is 5.64. The minimum atomic E-state index is 0.555. The number of hydrogen-bond acceptors (Lipinski definition) is 2. The van der Waals surface area contributed by atoms with Crippen LogP contribution in [0.4, 0.5) is 0 Å². The fraction of sp³-hybridized carbons (Fsp3) is 0.824. The third kappa shape index (κ3) is 4.30. The summed E-state index contributed by atoms with van der Waals surface area (Å²) in [5, 5.41) is 1.18. The number of halogens is 1. The molecule has 1 nitrogen and oxygen atoms in total. The van der Waals surface area contributed by atoms with Crippen LogP contribution in [-0.4, -0.2) is 10.3 Å². The van der Waals surface area contributed by atoms with Crippen molar-refractivity contribution in [2.24, 2.45) is 11.3 Å². The number of aryl methyl sites for hydroxylation is 2. The van der Waals surface area contributed by atoms with E-state index in [4.69, 9.17) is 0 Å². The summed E-state index contributed by atoms with van der Waals surface area (Å²) in [5.74, 6) is 1.01. The number of aromatic nitrogens is 1. The molecule has 0 atom stereocenters. The van der Waals surface area contributed by atoms with Crippen LogP contribution in [0.15, 0.2) is 5.51 Å². The topological polar surface area (TPSA) is 12.9 Å². The first-order valence-electron chi connectivity index (χ1n) is 8.14. The van der Waals surface area contributed by atoms with Crippen LogP contribution < -0.4 is 0 Å². The summed E-state index contributed by atoms with van der Waals surface area (Å²) in [4.78, 5) is 5.88. The van der Waals surface area contributed by atoms with Gasteiger partial charge in [-0.2, -0.15) is 0 Å². The Morgan fingerprint density at radius 2 is 2.15 bits per heavy atom. The molecule has 0 unspecified atom stereocenters. The fourth-order valence-corrected chi connectivity index (χ4v) is 5.09. The molecule has 1 aromatic rings. The minimum Gasteiger partial charge on any atom is -0.250 e. The van der Waals surface area contributed by atoms with Gasteiger partial charge in [-0.1, -0.05) is 42.1 Å². The number of hydrogen-bond donors (Lipinski definition) is 0. The Labute approximate surface area is 136 Å². The Balaban J connectivity index is 1.84. The molecule has 0 radical (unpaired) electrons. The van der Waals surface area contributed by atoms with Gasteiger partial charge >= 0.3 is 0 Å². The quantitative estimate of drug-likeness (QED) is 0.533. The van der Waals surface area contributed by atoms with Crippen LogP contribution >= 0.6 is 27.3 Å². The van der Waals surface area contributed by atoms with E-state index in [2.05, 4.69) is 34.8 Å². The summed E-state index contributed by atoms with van der Waals surface area (Å²) in [7, 11) is 0. The second-order valence-electron chi connectivity index (χ2n) is 6.58. The number of thiazole rings is 1. The summed E-state index contributed by atoms with van der Waals surface area (Å²) in [6, 6.07) is 0. The molecule has 0 N–H and O–H groups in total. The molecule has 1 aromatic heterocycles. The monoisotopic (exact) mass is 357 g/mol. The van der Waals surface area contributed by atoms with E-state index >= 15 is 0 Å². The van der Waals surface area contributed by atoms with E-state index in [1.54, 1.807) is 0 Å². The third-order valence-electron chi connectivity index (χ3n) is 5.14. The minimum absolute atomic E-state index is 0.555. The standard InChI is InChI=1S/C17H28BrNS/c1-3-4-5-15-6-9-17(12-18,10-7-15)11-8-16-14(2)19-13-20-16/h13,15H,3-12H2,1-2H3. The second-order valence-corrected chi connectivity index (χ2v) is 8.08. The molecule has 114 valence electrons. The Kier molecular flexibility index (Phi) is 6.54. The van der Waals surface area contributed by atoms with Crippen molar-refractivity contribution in [2.75, 3.05) is 5.33 Å². The molecule has 20 heavy (non-hydrogen) atoms. The molecule has 0 saturated heterocycles. The van der Waals surface area contributed by atoms with Crippen LogP contribution in [0.1, 0.15) is 68.9 Å². The summed E-state index contributed by atoms with van der Waals surface area (Å²) in [6.45, 7) is 4.46. The molecular formula is C17H28BrNS. The molecule has 0 amide bonds.